The van der Waals surface area contributed by atoms with Crippen molar-refractivity contribution >= 4 is 17.3 Å². The number of hydrogen-bond acceptors (Lipinski definition) is 2. The molecule has 0 saturated carbocycles. The minimum absolute atomic E-state index is 0.220. The van der Waals surface area contributed by atoms with Crippen LogP contribution in [0.1, 0.15) is 5.56 Å². The van der Waals surface area contributed by atoms with E-state index in [0.29, 0.717) is 18.8 Å². The molecule has 0 spiro atoms. The van der Waals surface area contributed by atoms with Gasteiger partial charge in [0.1, 0.15) is 0 Å². The zero-order chi connectivity index (χ0) is 12.9. The summed E-state index contributed by atoms with van der Waals surface area (Å²) >= 11 is 5.87. The van der Waals surface area contributed by atoms with Crippen molar-refractivity contribution in [2.45, 2.75) is 11.6 Å². The molecule has 1 rings (SSSR count). The van der Waals surface area contributed by atoms with Gasteiger partial charge in [0.05, 0.1) is 17.5 Å². The van der Waals surface area contributed by atoms with Crippen molar-refractivity contribution in [1.82, 2.24) is 0 Å². The first-order chi connectivity index (χ1) is 7.93. The second-order valence-corrected chi connectivity index (χ2v) is 4.13. The predicted octanol–water partition coefficient (Wildman–Crippen LogP) is 3.37. The van der Waals surface area contributed by atoms with Gasteiger partial charge in [-0.1, -0.05) is 0 Å². The molecule has 17 heavy (non-hydrogen) atoms. The van der Waals surface area contributed by atoms with E-state index < -0.39 is 11.7 Å². The van der Waals surface area contributed by atoms with E-state index in [9.17, 15) is 13.2 Å². The highest BCUT2D eigenvalue weighted by molar-refractivity contribution is 6.21. The molecule has 2 nitrogen and oxygen atoms in total. The summed E-state index contributed by atoms with van der Waals surface area (Å²) in [4.78, 5) is 0. The summed E-state index contributed by atoms with van der Waals surface area (Å²) in [5.41, 5.74) is -0.0675. The molecule has 96 valence electrons. The summed E-state index contributed by atoms with van der Waals surface area (Å²) in [6.07, 6.45) is -4.30. The number of anilines is 1. The summed E-state index contributed by atoms with van der Waals surface area (Å²) in [7, 11) is 1.54. The number of benzene rings is 1. The van der Waals surface area contributed by atoms with E-state index in [1.165, 1.54) is 19.2 Å². The summed E-state index contributed by atoms with van der Waals surface area (Å²) in [6.45, 7) is 0.815. The first-order valence-electron chi connectivity index (χ1n) is 4.97. The van der Waals surface area contributed by atoms with Gasteiger partial charge in [-0.15, -0.1) is 11.6 Å². The molecular weight excluding hydrogens is 255 g/mol. The lowest BCUT2D eigenvalue weighted by molar-refractivity contribution is -0.137. The average Bonchev–Trinajstić information content (AvgIpc) is 2.26. The Bertz CT molecular complexity index is 340. The van der Waals surface area contributed by atoms with Gasteiger partial charge in [-0.2, -0.15) is 13.2 Å². The van der Waals surface area contributed by atoms with E-state index in [-0.39, 0.29) is 5.38 Å². The van der Waals surface area contributed by atoms with Crippen LogP contribution < -0.4 is 5.32 Å². The standard InChI is InChI=1S/C11H13ClF3NO/c1-17-7-9(12)6-16-10-4-2-8(3-5-10)11(13,14)15/h2-5,9,16H,6-7H2,1H3. The predicted molar refractivity (Wildman–Crippen MR) is 61.5 cm³/mol. The molecule has 0 aliphatic heterocycles. The molecule has 0 aliphatic carbocycles. The van der Waals surface area contributed by atoms with E-state index in [0.717, 1.165) is 12.1 Å². The van der Waals surface area contributed by atoms with Gasteiger partial charge in [0.15, 0.2) is 0 Å². The largest absolute Gasteiger partial charge is 0.416 e. The average molecular weight is 268 g/mol. The number of rotatable bonds is 5. The van der Waals surface area contributed by atoms with Gasteiger partial charge in [-0.05, 0) is 24.3 Å². The van der Waals surface area contributed by atoms with Gasteiger partial charge in [-0.3, -0.25) is 0 Å². The van der Waals surface area contributed by atoms with Gasteiger partial charge in [0.25, 0.3) is 0 Å². The van der Waals surface area contributed by atoms with Crippen LogP contribution in [-0.4, -0.2) is 25.6 Å². The molecule has 1 aromatic rings. The van der Waals surface area contributed by atoms with E-state index >= 15 is 0 Å². The molecule has 0 bridgehead atoms. The molecule has 0 saturated heterocycles. The summed E-state index contributed by atoms with van der Waals surface area (Å²) in [5.74, 6) is 0. The number of halogens is 4. The maximum Gasteiger partial charge on any atom is 0.416 e. The van der Waals surface area contributed by atoms with Crippen molar-refractivity contribution < 1.29 is 17.9 Å². The Balaban J connectivity index is 2.51. The molecule has 0 amide bonds. The fraction of sp³-hybridized carbons (Fsp3) is 0.455. The van der Waals surface area contributed by atoms with Crippen molar-refractivity contribution in [3.05, 3.63) is 29.8 Å². The van der Waals surface area contributed by atoms with Crippen molar-refractivity contribution in [3.63, 3.8) is 0 Å². The third-order valence-corrected chi connectivity index (χ3v) is 2.37. The lowest BCUT2D eigenvalue weighted by atomic mass is 10.2. The Morgan fingerprint density at radius 2 is 1.88 bits per heavy atom. The molecule has 1 aromatic carbocycles. The maximum atomic E-state index is 12.3. The maximum absolute atomic E-state index is 12.3. The number of ether oxygens (including phenoxy) is 1. The van der Waals surface area contributed by atoms with Crippen molar-refractivity contribution in [2.24, 2.45) is 0 Å². The van der Waals surface area contributed by atoms with Crippen LogP contribution in [0.15, 0.2) is 24.3 Å². The Labute approximate surface area is 103 Å². The number of alkyl halides is 4. The molecule has 0 heterocycles. The highest BCUT2D eigenvalue weighted by Gasteiger charge is 2.29. The molecule has 6 heteroatoms. The monoisotopic (exact) mass is 267 g/mol. The Morgan fingerprint density at radius 3 is 2.35 bits per heavy atom. The van der Waals surface area contributed by atoms with Gasteiger partial charge in [0.2, 0.25) is 0 Å². The first kappa shape index (κ1) is 14.1. The minimum Gasteiger partial charge on any atom is -0.383 e. The zero-order valence-corrected chi connectivity index (χ0v) is 9.98. The first-order valence-corrected chi connectivity index (χ1v) is 5.41. The van der Waals surface area contributed by atoms with Crippen LogP contribution >= 0.6 is 11.6 Å². The number of hydrogen-bond donors (Lipinski definition) is 1. The van der Waals surface area contributed by atoms with E-state index in [1.807, 2.05) is 0 Å². The topological polar surface area (TPSA) is 21.3 Å². The van der Waals surface area contributed by atoms with Gasteiger partial charge in [-0.25, -0.2) is 0 Å². The normalized spacial score (nSPS) is 13.5. The van der Waals surface area contributed by atoms with Crippen LogP contribution in [0.3, 0.4) is 0 Å². The van der Waals surface area contributed by atoms with E-state index in [4.69, 9.17) is 16.3 Å². The highest BCUT2D eigenvalue weighted by Crippen LogP contribution is 2.29. The third-order valence-electron chi connectivity index (χ3n) is 2.09. The fourth-order valence-corrected chi connectivity index (χ4v) is 1.45. The quantitative estimate of drug-likeness (QED) is 0.826. The van der Waals surface area contributed by atoms with Gasteiger partial charge >= 0.3 is 6.18 Å². The molecular formula is C11H13ClF3NO. The van der Waals surface area contributed by atoms with Crippen LogP contribution in [0.5, 0.6) is 0 Å². The van der Waals surface area contributed by atoms with Crippen LogP contribution in [0, 0.1) is 0 Å². The van der Waals surface area contributed by atoms with E-state index in [2.05, 4.69) is 5.32 Å². The summed E-state index contributed by atoms with van der Waals surface area (Å²) in [5, 5.41) is 2.71. The van der Waals surface area contributed by atoms with E-state index in [1.54, 1.807) is 0 Å². The molecule has 1 N–H and O–H groups in total. The van der Waals surface area contributed by atoms with Crippen molar-refractivity contribution in [1.29, 1.82) is 0 Å². The van der Waals surface area contributed by atoms with Gasteiger partial charge < -0.3 is 10.1 Å². The van der Waals surface area contributed by atoms with Crippen molar-refractivity contribution in [3.8, 4) is 0 Å². The summed E-state index contributed by atoms with van der Waals surface area (Å²) < 4.78 is 41.7. The van der Waals surface area contributed by atoms with Gasteiger partial charge in [0, 0.05) is 19.3 Å². The minimum atomic E-state index is -4.30. The zero-order valence-electron chi connectivity index (χ0n) is 9.22. The molecule has 1 atom stereocenters. The molecule has 0 fully saturated rings. The fourth-order valence-electron chi connectivity index (χ4n) is 1.25. The molecule has 0 radical (unpaired) electrons. The van der Waals surface area contributed by atoms with Crippen LogP contribution in [0.4, 0.5) is 18.9 Å². The second-order valence-electron chi connectivity index (χ2n) is 3.51. The molecule has 1 unspecified atom stereocenters. The van der Waals surface area contributed by atoms with Crippen molar-refractivity contribution in [2.75, 3.05) is 25.6 Å². The Kier molecular flexibility index (Phi) is 5.08. The number of nitrogens with one attached hydrogen (secondary N) is 1. The summed E-state index contributed by atoms with van der Waals surface area (Å²) in [6, 6.07) is 4.81. The third kappa shape index (κ3) is 4.83. The number of methoxy groups -OCH3 is 1. The lowest BCUT2D eigenvalue weighted by Crippen LogP contribution is -2.19. The molecule has 0 aromatic heterocycles. The SMILES string of the molecule is COCC(Cl)CNc1ccc(C(F)(F)F)cc1. The highest BCUT2D eigenvalue weighted by atomic mass is 35.5. The lowest BCUT2D eigenvalue weighted by Gasteiger charge is -2.12. The van der Waals surface area contributed by atoms with Crippen LogP contribution in [0.2, 0.25) is 0 Å². The van der Waals surface area contributed by atoms with Crippen LogP contribution in [0.25, 0.3) is 0 Å². The molecule has 0 aliphatic rings. The smallest absolute Gasteiger partial charge is 0.383 e. The Hall–Kier alpha value is -0.940. The Morgan fingerprint density at radius 1 is 1.29 bits per heavy atom. The second kappa shape index (κ2) is 6.12. The van der Waals surface area contributed by atoms with Crippen LogP contribution in [-0.2, 0) is 10.9 Å².